The van der Waals surface area contributed by atoms with E-state index in [9.17, 15) is 9.90 Å². The number of anilines is 1. The number of Topliss-reactive ketones (excluding diaryl/α,β-unsaturated/α-hetero) is 1. The summed E-state index contributed by atoms with van der Waals surface area (Å²) in [4.78, 5) is 17.7. The van der Waals surface area contributed by atoms with Gasteiger partial charge in [-0.25, -0.2) is 0 Å². The second-order valence-electron chi connectivity index (χ2n) is 8.51. The van der Waals surface area contributed by atoms with Crippen LogP contribution in [0.3, 0.4) is 0 Å². The van der Waals surface area contributed by atoms with E-state index in [1.807, 2.05) is 36.4 Å². The number of nitrogens with zero attached hydrogens (tertiary/aromatic N) is 2. The largest absolute Gasteiger partial charge is 0.507 e. The minimum Gasteiger partial charge on any atom is -0.507 e. The number of allylic oxidation sites excluding steroid dienone is 1. The van der Waals surface area contributed by atoms with Crippen molar-refractivity contribution < 1.29 is 19.4 Å². The zero-order valence-electron chi connectivity index (χ0n) is 19.1. The number of ketones is 1. The average molecular weight is 556 g/mol. The number of carbonyl (C=O) groups excluding carboxylic acids is 1. The number of phenols is 1. The van der Waals surface area contributed by atoms with Crippen molar-refractivity contribution in [1.82, 2.24) is 4.90 Å². The highest BCUT2D eigenvalue weighted by Crippen LogP contribution is 2.41. The number of halogens is 2. The molecule has 0 bridgehead atoms. The van der Waals surface area contributed by atoms with E-state index in [4.69, 9.17) is 21.1 Å². The molecule has 0 unspecified atom stereocenters. The SMILES string of the molecule is COc1ccc(Br)cc1/C=C1\Oc2c(ccc(O)c2CN2CCN(c3cccc(Cl)c3)CC2)C1=O. The molecule has 3 aromatic carbocycles. The van der Waals surface area contributed by atoms with Gasteiger partial charge in [0.1, 0.15) is 17.2 Å². The Bertz CT molecular complexity index is 1320. The molecule has 2 aliphatic heterocycles. The lowest BCUT2D eigenvalue weighted by Crippen LogP contribution is -2.46. The summed E-state index contributed by atoms with van der Waals surface area (Å²) in [5.74, 6) is 1.17. The number of rotatable bonds is 5. The van der Waals surface area contributed by atoms with Crippen LogP contribution in [0.2, 0.25) is 5.02 Å². The van der Waals surface area contributed by atoms with Crippen molar-refractivity contribution in [3.8, 4) is 17.2 Å². The molecular formula is C27H24BrClN2O4. The molecule has 0 atom stereocenters. The Labute approximate surface area is 217 Å². The Morgan fingerprint density at radius 2 is 1.91 bits per heavy atom. The fourth-order valence-corrected chi connectivity index (χ4v) is 5.03. The lowest BCUT2D eigenvalue weighted by atomic mass is 10.0. The van der Waals surface area contributed by atoms with E-state index in [1.54, 1.807) is 25.3 Å². The van der Waals surface area contributed by atoms with Gasteiger partial charge < -0.3 is 19.5 Å². The number of fused-ring (bicyclic) bond motifs is 1. The number of methoxy groups -OCH3 is 1. The minimum atomic E-state index is -0.214. The smallest absolute Gasteiger partial charge is 0.231 e. The maximum atomic E-state index is 13.1. The zero-order valence-corrected chi connectivity index (χ0v) is 21.5. The van der Waals surface area contributed by atoms with Crippen LogP contribution in [0, 0.1) is 0 Å². The first-order valence-electron chi connectivity index (χ1n) is 11.3. The van der Waals surface area contributed by atoms with Crippen LogP contribution in [0.5, 0.6) is 17.2 Å². The van der Waals surface area contributed by atoms with Gasteiger partial charge in [-0.2, -0.15) is 0 Å². The van der Waals surface area contributed by atoms with Crippen molar-refractivity contribution in [1.29, 1.82) is 0 Å². The Balaban J connectivity index is 1.35. The van der Waals surface area contributed by atoms with Gasteiger partial charge >= 0.3 is 0 Å². The lowest BCUT2D eigenvalue weighted by molar-refractivity contribution is 0.101. The maximum absolute atomic E-state index is 13.1. The normalized spacial score (nSPS) is 16.9. The molecule has 0 amide bonds. The lowest BCUT2D eigenvalue weighted by Gasteiger charge is -2.36. The Morgan fingerprint density at radius 3 is 2.66 bits per heavy atom. The molecule has 0 aliphatic carbocycles. The van der Waals surface area contributed by atoms with E-state index in [1.165, 1.54) is 0 Å². The van der Waals surface area contributed by atoms with Gasteiger partial charge in [-0.1, -0.05) is 33.6 Å². The standard InChI is InChI=1S/C27H24BrClN2O4/c1-34-24-8-5-18(28)13-17(24)14-25-26(33)21-6-7-23(32)22(27(21)35-25)16-30-9-11-31(12-10-30)20-4-2-3-19(29)15-20/h2-8,13-15,32H,9-12,16H2,1H3/b25-14-. The molecule has 5 rings (SSSR count). The second kappa shape index (κ2) is 9.93. The van der Waals surface area contributed by atoms with Crippen LogP contribution in [0.25, 0.3) is 6.08 Å². The maximum Gasteiger partial charge on any atom is 0.231 e. The monoisotopic (exact) mass is 554 g/mol. The number of phenolic OH excluding ortho intramolecular Hbond substituents is 1. The molecular weight excluding hydrogens is 532 g/mol. The van der Waals surface area contributed by atoms with Gasteiger partial charge in [0, 0.05) is 53.5 Å². The Morgan fingerprint density at radius 1 is 1.11 bits per heavy atom. The molecule has 3 aromatic rings. The predicted octanol–water partition coefficient (Wildman–Crippen LogP) is 5.76. The third-order valence-electron chi connectivity index (χ3n) is 6.32. The van der Waals surface area contributed by atoms with Crippen LogP contribution in [0.4, 0.5) is 5.69 Å². The molecule has 180 valence electrons. The van der Waals surface area contributed by atoms with Gasteiger partial charge in [0.25, 0.3) is 0 Å². The van der Waals surface area contributed by atoms with Crippen molar-refractivity contribution in [3.63, 3.8) is 0 Å². The Hall–Kier alpha value is -3.00. The molecule has 2 heterocycles. The molecule has 1 N–H and O–H groups in total. The second-order valence-corrected chi connectivity index (χ2v) is 9.86. The Kier molecular flexibility index (Phi) is 6.73. The molecule has 0 spiro atoms. The van der Waals surface area contributed by atoms with Crippen molar-refractivity contribution in [3.05, 3.63) is 86.5 Å². The summed E-state index contributed by atoms with van der Waals surface area (Å²) in [7, 11) is 1.58. The first-order chi connectivity index (χ1) is 16.9. The number of carbonyl (C=O) groups is 1. The van der Waals surface area contributed by atoms with Crippen molar-refractivity contribution in [2.45, 2.75) is 6.54 Å². The molecule has 0 aromatic heterocycles. The number of piperazine rings is 1. The number of aromatic hydroxyl groups is 1. The summed E-state index contributed by atoms with van der Waals surface area (Å²) in [5.41, 5.74) is 2.90. The number of hydrogen-bond acceptors (Lipinski definition) is 6. The highest BCUT2D eigenvalue weighted by Gasteiger charge is 2.32. The van der Waals surface area contributed by atoms with Crippen LogP contribution < -0.4 is 14.4 Å². The van der Waals surface area contributed by atoms with E-state index >= 15 is 0 Å². The molecule has 8 heteroatoms. The highest BCUT2D eigenvalue weighted by atomic mass is 79.9. The summed E-state index contributed by atoms with van der Waals surface area (Å²) >= 11 is 9.61. The quantitative estimate of drug-likeness (QED) is 0.404. The first kappa shape index (κ1) is 23.7. The van der Waals surface area contributed by atoms with Gasteiger partial charge in [0.2, 0.25) is 5.78 Å². The van der Waals surface area contributed by atoms with Crippen molar-refractivity contribution >= 4 is 45.1 Å². The molecule has 0 radical (unpaired) electrons. The van der Waals surface area contributed by atoms with Crippen LogP contribution in [-0.2, 0) is 6.54 Å². The van der Waals surface area contributed by atoms with Crippen LogP contribution in [-0.4, -0.2) is 49.1 Å². The summed E-state index contributed by atoms with van der Waals surface area (Å²) < 4.78 is 12.3. The average Bonchev–Trinajstić information content (AvgIpc) is 3.17. The van der Waals surface area contributed by atoms with Gasteiger partial charge in [-0.15, -0.1) is 0 Å². The highest BCUT2D eigenvalue weighted by molar-refractivity contribution is 9.10. The van der Waals surface area contributed by atoms with Gasteiger partial charge in [0.05, 0.1) is 18.2 Å². The predicted molar refractivity (Wildman–Crippen MR) is 141 cm³/mol. The molecule has 1 fully saturated rings. The van der Waals surface area contributed by atoms with E-state index < -0.39 is 0 Å². The summed E-state index contributed by atoms with van der Waals surface area (Å²) in [6.07, 6.45) is 1.68. The zero-order chi connectivity index (χ0) is 24.5. The molecule has 6 nitrogen and oxygen atoms in total. The molecule has 2 aliphatic rings. The first-order valence-corrected chi connectivity index (χ1v) is 12.5. The summed E-state index contributed by atoms with van der Waals surface area (Å²) in [5, 5.41) is 11.4. The van der Waals surface area contributed by atoms with E-state index in [-0.39, 0.29) is 17.3 Å². The van der Waals surface area contributed by atoms with Gasteiger partial charge in [-0.05, 0) is 54.6 Å². The third kappa shape index (κ3) is 4.89. The number of hydrogen-bond donors (Lipinski definition) is 1. The van der Waals surface area contributed by atoms with Gasteiger partial charge in [-0.3, -0.25) is 9.69 Å². The summed E-state index contributed by atoms with van der Waals surface area (Å²) in [6.45, 7) is 3.77. The summed E-state index contributed by atoms with van der Waals surface area (Å²) in [6, 6.07) is 16.6. The van der Waals surface area contributed by atoms with E-state index in [2.05, 4.69) is 31.8 Å². The third-order valence-corrected chi connectivity index (χ3v) is 7.05. The van der Waals surface area contributed by atoms with Crippen LogP contribution in [0.15, 0.2) is 64.8 Å². The van der Waals surface area contributed by atoms with Crippen molar-refractivity contribution in [2.75, 3.05) is 38.2 Å². The fraction of sp³-hybridized carbons (Fsp3) is 0.222. The molecule has 1 saturated heterocycles. The fourth-order valence-electron chi connectivity index (χ4n) is 4.47. The van der Waals surface area contributed by atoms with Crippen LogP contribution >= 0.6 is 27.5 Å². The molecule has 0 saturated carbocycles. The van der Waals surface area contributed by atoms with Crippen LogP contribution in [0.1, 0.15) is 21.5 Å². The van der Waals surface area contributed by atoms with Crippen molar-refractivity contribution in [2.24, 2.45) is 0 Å². The number of ether oxygens (including phenoxy) is 2. The minimum absolute atomic E-state index is 0.120. The van der Waals surface area contributed by atoms with Gasteiger partial charge in [0.15, 0.2) is 5.76 Å². The molecule has 35 heavy (non-hydrogen) atoms. The van der Waals surface area contributed by atoms with E-state index in [0.29, 0.717) is 29.2 Å². The number of benzene rings is 3. The van der Waals surface area contributed by atoms with E-state index in [0.717, 1.165) is 46.9 Å². The topological polar surface area (TPSA) is 62.2 Å².